The van der Waals surface area contributed by atoms with Gasteiger partial charge in [0.05, 0.1) is 5.75 Å². The summed E-state index contributed by atoms with van der Waals surface area (Å²) in [4.78, 5) is 23.0. The molecule has 0 aliphatic heterocycles. The van der Waals surface area contributed by atoms with E-state index < -0.39 is 24.7 Å². The third-order valence-corrected chi connectivity index (χ3v) is 6.75. The molecule has 154 valence electrons. The van der Waals surface area contributed by atoms with Gasteiger partial charge in [0, 0.05) is 5.41 Å². The van der Waals surface area contributed by atoms with E-state index in [1.165, 1.54) is 19.3 Å². The number of carbonyl (C=O) groups excluding carboxylic acids is 2. The molecule has 1 aromatic rings. The molecule has 0 unspecified atom stereocenters. The van der Waals surface area contributed by atoms with E-state index in [9.17, 15) is 22.8 Å². The minimum absolute atomic E-state index is 0.0414. The molecule has 4 bridgehead atoms. The minimum atomic E-state index is -4.54. The maximum atomic E-state index is 12.0. The standard InChI is InChI=1S/C17H21F3N4O3S/c18-17(19,20)8-21-14(26)22-12(25)7-28-15-24-23-13(27-15)16-4-9-1-10(5-16)3-11(2-9)6-16/h9-11H,1-8H2,(H2,21,22,25,26). The van der Waals surface area contributed by atoms with Gasteiger partial charge in [-0.1, -0.05) is 11.8 Å². The molecule has 0 spiro atoms. The number of rotatable bonds is 5. The smallest absolute Gasteiger partial charge is 0.405 e. The number of nitrogens with zero attached hydrogens (tertiary/aromatic N) is 2. The molecule has 4 fully saturated rings. The highest BCUT2D eigenvalue weighted by Gasteiger charge is 2.54. The van der Waals surface area contributed by atoms with Gasteiger partial charge in [-0.2, -0.15) is 13.2 Å². The van der Waals surface area contributed by atoms with Gasteiger partial charge < -0.3 is 9.73 Å². The monoisotopic (exact) mass is 418 g/mol. The van der Waals surface area contributed by atoms with E-state index in [0.29, 0.717) is 5.89 Å². The van der Waals surface area contributed by atoms with Crippen molar-refractivity contribution in [3.05, 3.63) is 5.89 Å². The predicted molar refractivity (Wildman–Crippen MR) is 92.5 cm³/mol. The number of alkyl halides is 3. The van der Waals surface area contributed by atoms with Crippen LogP contribution in [0.5, 0.6) is 0 Å². The average Bonchev–Trinajstić information content (AvgIpc) is 3.06. The molecule has 1 heterocycles. The quantitative estimate of drug-likeness (QED) is 0.714. The van der Waals surface area contributed by atoms with E-state index in [-0.39, 0.29) is 16.4 Å². The van der Waals surface area contributed by atoms with Crippen molar-refractivity contribution < 1.29 is 27.2 Å². The van der Waals surface area contributed by atoms with Crippen LogP contribution in [0.2, 0.25) is 0 Å². The third kappa shape index (κ3) is 4.28. The van der Waals surface area contributed by atoms with Gasteiger partial charge in [-0.3, -0.25) is 10.1 Å². The van der Waals surface area contributed by atoms with Gasteiger partial charge in [-0.15, -0.1) is 10.2 Å². The number of thioether (sulfide) groups is 1. The van der Waals surface area contributed by atoms with Gasteiger partial charge in [0.15, 0.2) is 0 Å². The van der Waals surface area contributed by atoms with Crippen LogP contribution in [0.4, 0.5) is 18.0 Å². The molecule has 0 atom stereocenters. The summed E-state index contributed by atoms with van der Waals surface area (Å²) in [6, 6.07) is -1.19. The van der Waals surface area contributed by atoms with Crippen molar-refractivity contribution in [3.8, 4) is 0 Å². The van der Waals surface area contributed by atoms with Gasteiger partial charge >= 0.3 is 12.2 Å². The second kappa shape index (κ2) is 7.23. The lowest BCUT2D eigenvalue weighted by molar-refractivity contribution is -0.124. The molecule has 5 rings (SSSR count). The number of halogens is 3. The second-order valence-corrected chi connectivity index (χ2v) is 9.13. The summed E-state index contributed by atoms with van der Waals surface area (Å²) in [5.74, 6) is 1.89. The molecular formula is C17H21F3N4O3S. The number of urea groups is 1. The van der Waals surface area contributed by atoms with Crippen LogP contribution < -0.4 is 10.6 Å². The fraction of sp³-hybridized carbons (Fsp3) is 0.765. The fourth-order valence-corrected chi connectivity index (χ4v) is 5.93. The molecule has 4 aliphatic carbocycles. The number of nitrogens with one attached hydrogen (secondary N) is 2. The molecule has 3 amide bonds. The molecular weight excluding hydrogens is 397 g/mol. The van der Waals surface area contributed by atoms with E-state index >= 15 is 0 Å². The number of hydrogen-bond acceptors (Lipinski definition) is 6. The normalized spacial score (nSPS) is 31.0. The number of amides is 3. The first kappa shape index (κ1) is 19.5. The van der Waals surface area contributed by atoms with Gasteiger partial charge in [-0.05, 0) is 56.3 Å². The van der Waals surface area contributed by atoms with Gasteiger partial charge in [0.1, 0.15) is 6.54 Å². The van der Waals surface area contributed by atoms with Crippen molar-refractivity contribution in [1.82, 2.24) is 20.8 Å². The highest BCUT2D eigenvalue weighted by atomic mass is 32.2. The lowest BCUT2D eigenvalue weighted by Crippen LogP contribution is -2.48. The fourth-order valence-electron chi connectivity index (χ4n) is 5.37. The van der Waals surface area contributed by atoms with Crippen LogP contribution in [0.1, 0.15) is 44.4 Å². The van der Waals surface area contributed by atoms with E-state index in [1.807, 2.05) is 5.32 Å². The summed E-state index contributed by atoms with van der Waals surface area (Å²) in [5, 5.41) is 11.9. The third-order valence-electron chi connectivity index (χ3n) is 5.93. The Morgan fingerprint density at radius 2 is 1.71 bits per heavy atom. The van der Waals surface area contributed by atoms with E-state index in [4.69, 9.17) is 4.42 Å². The largest absolute Gasteiger partial charge is 0.415 e. The van der Waals surface area contributed by atoms with Crippen LogP contribution in [0.3, 0.4) is 0 Å². The number of imide groups is 1. The van der Waals surface area contributed by atoms with Crippen LogP contribution in [0, 0.1) is 17.8 Å². The average molecular weight is 418 g/mol. The first-order chi connectivity index (χ1) is 13.2. The van der Waals surface area contributed by atoms with Crippen molar-refractivity contribution in [2.45, 2.75) is 55.3 Å². The SMILES string of the molecule is O=C(CSc1nnc(C23CC4CC(CC(C4)C2)C3)o1)NC(=O)NCC(F)(F)F. The van der Waals surface area contributed by atoms with E-state index in [0.717, 1.165) is 48.8 Å². The van der Waals surface area contributed by atoms with Crippen molar-refractivity contribution >= 4 is 23.7 Å². The Morgan fingerprint density at radius 1 is 1.11 bits per heavy atom. The van der Waals surface area contributed by atoms with Crippen molar-refractivity contribution in [2.75, 3.05) is 12.3 Å². The minimum Gasteiger partial charge on any atom is -0.415 e. The van der Waals surface area contributed by atoms with Gasteiger partial charge in [0.2, 0.25) is 11.8 Å². The zero-order valence-corrected chi connectivity index (χ0v) is 15.9. The van der Waals surface area contributed by atoms with Gasteiger partial charge in [0.25, 0.3) is 5.22 Å². The van der Waals surface area contributed by atoms with Crippen LogP contribution in [0.25, 0.3) is 0 Å². The Balaban J connectivity index is 1.29. The van der Waals surface area contributed by atoms with E-state index in [2.05, 4.69) is 10.2 Å². The highest BCUT2D eigenvalue weighted by molar-refractivity contribution is 7.99. The summed E-state index contributed by atoms with van der Waals surface area (Å²) in [5.41, 5.74) is -0.0414. The summed E-state index contributed by atoms with van der Waals surface area (Å²) in [6.07, 6.45) is 2.58. The van der Waals surface area contributed by atoms with Crippen LogP contribution in [-0.2, 0) is 10.2 Å². The Morgan fingerprint density at radius 3 is 2.29 bits per heavy atom. The first-order valence-corrected chi connectivity index (χ1v) is 10.3. The highest BCUT2D eigenvalue weighted by Crippen LogP contribution is 2.60. The van der Waals surface area contributed by atoms with E-state index in [1.54, 1.807) is 5.32 Å². The maximum absolute atomic E-state index is 12.0. The molecule has 0 saturated heterocycles. The summed E-state index contributed by atoms with van der Waals surface area (Å²) in [7, 11) is 0. The Hall–Kier alpha value is -1.78. The van der Waals surface area contributed by atoms with Crippen LogP contribution in [-0.4, -0.2) is 40.6 Å². The lowest BCUT2D eigenvalue weighted by atomic mass is 9.49. The molecule has 4 aliphatic rings. The number of hydrogen-bond donors (Lipinski definition) is 2. The summed E-state index contributed by atoms with van der Waals surface area (Å²) < 4.78 is 41.9. The van der Waals surface area contributed by atoms with Crippen molar-refractivity contribution in [3.63, 3.8) is 0 Å². The predicted octanol–water partition coefficient (Wildman–Crippen LogP) is 3.02. The Kier molecular flexibility index (Phi) is 5.05. The Labute approximate surface area is 163 Å². The van der Waals surface area contributed by atoms with Crippen LogP contribution in [0.15, 0.2) is 9.64 Å². The number of aromatic nitrogens is 2. The molecule has 28 heavy (non-hydrogen) atoms. The zero-order valence-electron chi connectivity index (χ0n) is 15.1. The topological polar surface area (TPSA) is 97.1 Å². The van der Waals surface area contributed by atoms with Gasteiger partial charge in [-0.25, -0.2) is 4.79 Å². The Bertz CT molecular complexity index is 732. The zero-order chi connectivity index (χ0) is 19.9. The molecule has 0 aromatic carbocycles. The van der Waals surface area contributed by atoms with Crippen molar-refractivity contribution in [1.29, 1.82) is 0 Å². The number of carbonyl (C=O) groups is 2. The van der Waals surface area contributed by atoms with Crippen LogP contribution >= 0.6 is 11.8 Å². The molecule has 7 nitrogen and oxygen atoms in total. The summed E-state index contributed by atoms with van der Waals surface area (Å²) in [6.45, 7) is -1.50. The molecule has 0 radical (unpaired) electrons. The molecule has 1 aromatic heterocycles. The maximum Gasteiger partial charge on any atom is 0.405 e. The van der Waals surface area contributed by atoms with Crippen molar-refractivity contribution in [2.24, 2.45) is 17.8 Å². The molecule has 2 N–H and O–H groups in total. The summed E-state index contributed by atoms with van der Waals surface area (Å²) >= 11 is 0.964. The second-order valence-electron chi connectivity index (χ2n) is 8.21. The lowest BCUT2D eigenvalue weighted by Gasteiger charge is -2.55. The molecule has 11 heteroatoms. The first-order valence-electron chi connectivity index (χ1n) is 9.32. The molecule has 4 saturated carbocycles.